The number of methoxy groups -OCH3 is 1. The number of rotatable bonds is 8. The van der Waals surface area contributed by atoms with Gasteiger partial charge in [-0.05, 0) is 55.8 Å². The molecular weight excluding hydrogens is 500 g/mol. The number of amides is 2. The fraction of sp³-hybridized carbons (Fsp3) is 0.483. The minimum absolute atomic E-state index is 0.00741. The Morgan fingerprint density at radius 1 is 1.13 bits per heavy atom. The highest BCUT2D eigenvalue weighted by Crippen LogP contribution is 2.44. The van der Waals surface area contributed by atoms with Crippen LogP contribution in [0.4, 0.5) is 0 Å². The molecule has 5 rings (SSSR count). The number of fused-ring (bicyclic) bond motifs is 3. The Labute approximate surface area is 228 Å². The van der Waals surface area contributed by atoms with Gasteiger partial charge in [-0.25, -0.2) is 4.98 Å². The minimum atomic E-state index is -0.116. The fourth-order valence-electron chi connectivity index (χ4n) is 5.26. The van der Waals surface area contributed by atoms with Crippen molar-refractivity contribution >= 4 is 23.2 Å². The summed E-state index contributed by atoms with van der Waals surface area (Å²) < 4.78 is 13.8. The molecule has 1 saturated heterocycles. The van der Waals surface area contributed by atoms with Crippen LogP contribution in [0, 0.1) is 0 Å². The molecule has 0 spiro atoms. The van der Waals surface area contributed by atoms with Crippen molar-refractivity contribution in [1.82, 2.24) is 19.4 Å². The molecule has 0 N–H and O–H groups in total. The smallest absolute Gasteiger partial charge is 0.289 e. The van der Waals surface area contributed by atoms with E-state index < -0.39 is 0 Å². The highest BCUT2D eigenvalue weighted by Gasteiger charge is 2.33. The lowest BCUT2D eigenvalue weighted by molar-refractivity contribution is -0.130. The number of ether oxygens (including phenoxy) is 2. The first-order valence-corrected chi connectivity index (χ1v) is 14.4. The zero-order valence-electron chi connectivity index (χ0n) is 22.7. The molecule has 9 heteroatoms. The summed E-state index contributed by atoms with van der Waals surface area (Å²) in [6.45, 7) is 9.00. The van der Waals surface area contributed by atoms with Crippen molar-refractivity contribution in [2.75, 3.05) is 33.3 Å². The third kappa shape index (κ3) is 5.04. The first kappa shape index (κ1) is 26.3. The number of aryl methyl sites for hydroxylation is 1. The monoisotopic (exact) mass is 536 g/mol. The largest absolute Gasteiger partial charge is 0.493 e. The summed E-state index contributed by atoms with van der Waals surface area (Å²) in [5.74, 6) is 1.83. The van der Waals surface area contributed by atoms with E-state index in [1.54, 1.807) is 23.3 Å². The molecule has 2 aliphatic heterocycles. The van der Waals surface area contributed by atoms with Gasteiger partial charge in [0.15, 0.2) is 17.3 Å². The Bertz CT molecular complexity index is 1310. The summed E-state index contributed by atoms with van der Waals surface area (Å²) in [5.41, 5.74) is 3.90. The first-order valence-electron chi connectivity index (χ1n) is 13.5. The fourth-order valence-corrected chi connectivity index (χ4v) is 5.97. The molecular formula is C29H36N4O4S. The number of aromatic nitrogens is 2. The van der Waals surface area contributed by atoms with E-state index in [0.29, 0.717) is 49.9 Å². The maximum absolute atomic E-state index is 13.9. The van der Waals surface area contributed by atoms with Crippen molar-refractivity contribution in [2.45, 2.75) is 59.1 Å². The Kier molecular flexibility index (Phi) is 7.74. The quantitative estimate of drug-likeness (QED) is 0.400. The molecule has 202 valence electrons. The second kappa shape index (κ2) is 11.2. The normalized spacial score (nSPS) is 15.3. The standard InChI is InChI=1S/C29H36N4O4S/c1-5-6-11-31-14-15-32(12-10-25(31)34)29(35)28-30-26(24-8-7-16-38-24)27-21-18-23(37-19(2)3)22(36-4)17-20(21)9-13-33(27)28/h7-8,16-19H,5-6,9-15H2,1-4H3. The van der Waals surface area contributed by atoms with Crippen molar-refractivity contribution in [1.29, 1.82) is 0 Å². The van der Waals surface area contributed by atoms with Crippen LogP contribution >= 0.6 is 11.3 Å². The molecule has 0 aliphatic carbocycles. The number of carbonyl (C=O) groups excluding carboxylic acids is 2. The van der Waals surface area contributed by atoms with Gasteiger partial charge in [0.25, 0.3) is 5.91 Å². The predicted molar refractivity (Wildman–Crippen MR) is 149 cm³/mol. The molecule has 0 atom stereocenters. The molecule has 0 bridgehead atoms. The second-order valence-corrected chi connectivity index (χ2v) is 11.1. The van der Waals surface area contributed by atoms with Crippen LogP contribution in [0.25, 0.3) is 21.8 Å². The van der Waals surface area contributed by atoms with E-state index in [9.17, 15) is 9.59 Å². The van der Waals surface area contributed by atoms with Gasteiger partial charge in [0.2, 0.25) is 5.91 Å². The lowest BCUT2D eigenvalue weighted by Gasteiger charge is -2.25. The molecule has 3 aromatic rings. The minimum Gasteiger partial charge on any atom is -0.493 e. The Balaban J connectivity index is 1.55. The molecule has 4 heterocycles. The molecule has 0 saturated carbocycles. The van der Waals surface area contributed by atoms with Gasteiger partial charge in [-0.15, -0.1) is 11.3 Å². The van der Waals surface area contributed by atoms with E-state index in [1.807, 2.05) is 42.3 Å². The molecule has 1 aromatic carbocycles. The van der Waals surface area contributed by atoms with E-state index in [4.69, 9.17) is 14.5 Å². The Morgan fingerprint density at radius 3 is 2.68 bits per heavy atom. The molecule has 2 amide bonds. The van der Waals surface area contributed by atoms with E-state index >= 15 is 0 Å². The number of unbranched alkanes of at least 4 members (excludes halogenated alkanes) is 1. The first-order chi connectivity index (χ1) is 18.4. The number of imidazole rings is 1. The van der Waals surface area contributed by atoms with Crippen LogP contribution in [0.3, 0.4) is 0 Å². The Hall–Kier alpha value is -3.33. The average Bonchev–Trinajstić information content (AvgIpc) is 3.53. The van der Waals surface area contributed by atoms with Crippen LogP contribution in [0.2, 0.25) is 0 Å². The summed E-state index contributed by atoms with van der Waals surface area (Å²) in [6, 6.07) is 8.13. The highest BCUT2D eigenvalue weighted by atomic mass is 32.1. The third-order valence-electron chi connectivity index (χ3n) is 7.18. The number of benzene rings is 1. The molecule has 8 nitrogen and oxygen atoms in total. The van der Waals surface area contributed by atoms with Crippen molar-refractivity contribution in [2.24, 2.45) is 0 Å². The number of hydrogen-bond acceptors (Lipinski definition) is 6. The summed E-state index contributed by atoms with van der Waals surface area (Å²) in [5, 5.41) is 2.03. The summed E-state index contributed by atoms with van der Waals surface area (Å²) >= 11 is 1.61. The SMILES string of the molecule is CCCCN1CCN(C(=O)c2nc(-c3cccs3)c3n2CCc2cc(OC)c(OC(C)C)cc2-3)CCC1=O. The average molecular weight is 537 g/mol. The number of hydrogen-bond donors (Lipinski definition) is 0. The predicted octanol–water partition coefficient (Wildman–Crippen LogP) is 5.11. The second-order valence-electron chi connectivity index (χ2n) is 10.1. The summed E-state index contributed by atoms with van der Waals surface area (Å²) in [6.07, 6.45) is 3.11. The third-order valence-corrected chi connectivity index (χ3v) is 8.06. The van der Waals surface area contributed by atoms with Crippen molar-refractivity contribution in [3.63, 3.8) is 0 Å². The molecule has 38 heavy (non-hydrogen) atoms. The lowest BCUT2D eigenvalue weighted by Crippen LogP contribution is -2.37. The van der Waals surface area contributed by atoms with Crippen molar-refractivity contribution < 1.29 is 19.1 Å². The topological polar surface area (TPSA) is 76.9 Å². The summed E-state index contributed by atoms with van der Waals surface area (Å²) in [7, 11) is 1.66. The number of carbonyl (C=O) groups is 2. The molecule has 1 fully saturated rings. The molecule has 2 aromatic heterocycles. The molecule has 0 unspecified atom stereocenters. The van der Waals surface area contributed by atoms with Gasteiger partial charge in [0.1, 0.15) is 5.69 Å². The van der Waals surface area contributed by atoms with Crippen molar-refractivity contribution in [3.05, 3.63) is 41.0 Å². The van der Waals surface area contributed by atoms with Gasteiger partial charge in [-0.1, -0.05) is 19.4 Å². The van der Waals surface area contributed by atoms with E-state index in [0.717, 1.165) is 53.2 Å². The van der Waals surface area contributed by atoms with Crippen molar-refractivity contribution in [3.8, 4) is 33.3 Å². The van der Waals surface area contributed by atoms with E-state index in [2.05, 4.69) is 17.6 Å². The number of thiophene rings is 1. The van der Waals surface area contributed by atoms with Crippen LogP contribution in [-0.2, 0) is 17.8 Å². The maximum Gasteiger partial charge on any atom is 0.289 e. The summed E-state index contributed by atoms with van der Waals surface area (Å²) in [4.78, 5) is 36.3. The van der Waals surface area contributed by atoms with Gasteiger partial charge in [0.05, 0.1) is 23.8 Å². The van der Waals surface area contributed by atoms with Gasteiger partial charge in [0, 0.05) is 44.7 Å². The van der Waals surface area contributed by atoms with E-state index in [-0.39, 0.29) is 17.9 Å². The Morgan fingerprint density at radius 2 is 1.97 bits per heavy atom. The van der Waals surface area contributed by atoms with Gasteiger partial charge in [-0.2, -0.15) is 0 Å². The zero-order chi connectivity index (χ0) is 26.8. The van der Waals surface area contributed by atoms with Crippen LogP contribution in [0.1, 0.15) is 56.2 Å². The van der Waals surface area contributed by atoms with Crippen LogP contribution in [0.15, 0.2) is 29.6 Å². The molecule has 2 aliphatic rings. The van der Waals surface area contributed by atoms with Gasteiger partial charge < -0.3 is 23.8 Å². The van der Waals surface area contributed by atoms with Crippen LogP contribution in [0.5, 0.6) is 11.5 Å². The lowest BCUT2D eigenvalue weighted by atomic mass is 9.95. The number of nitrogens with zero attached hydrogens (tertiary/aromatic N) is 4. The maximum atomic E-state index is 13.9. The van der Waals surface area contributed by atoms with Gasteiger partial charge in [-0.3, -0.25) is 9.59 Å². The van der Waals surface area contributed by atoms with E-state index in [1.165, 1.54) is 0 Å². The highest BCUT2D eigenvalue weighted by molar-refractivity contribution is 7.13. The van der Waals surface area contributed by atoms with Gasteiger partial charge >= 0.3 is 0 Å². The van der Waals surface area contributed by atoms with Crippen LogP contribution < -0.4 is 9.47 Å². The van der Waals surface area contributed by atoms with Crippen LogP contribution in [-0.4, -0.2) is 70.6 Å². The zero-order valence-corrected chi connectivity index (χ0v) is 23.5. The molecule has 0 radical (unpaired) electrons.